The zero-order valence-electron chi connectivity index (χ0n) is 16.1. The molecule has 1 fully saturated rings. The summed E-state index contributed by atoms with van der Waals surface area (Å²) in [6.45, 7) is 7.44. The van der Waals surface area contributed by atoms with Crippen molar-refractivity contribution >= 4 is 17.5 Å². The summed E-state index contributed by atoms with van der Waals surface area (Å²) in [5.74, 6) is 1.79. The molecule has 1 aromatic carbocycles. The molecule has 0 saturated carbocycles. The van der Waals surface area contributed by atoms with Crippen LogP contribution < -0.4 is 5.32 Å². The van der Waals surface area contributed by atoms with Crippen LogP contribution in [-0.2, 0) is 11.3 Å². The lowest BCUT2D eigenvalue weighted by atomic mass is 9.95. The number of aryl methyl sites for hydroxylation is 1. The third kappa shape index (κ3) is 5.33. The van der Waals surface area contributed by atoms with Gasteiger partial charge in [-0.1, -0.05) is 31.0 Å². The summed E-state index contributed by atoms with van der Waals surface area (Å²) in [5, 5.41) is 3.73. The van der Waals surface area contributed by atoms with Crippen molar-refractivity contribution in [1.82, 2.24) is 15.2 Å². The molecule has 0 aliphatic carbocycles. The molecule has 2 aromatic rings. The van der Waals surface area contributed by atoms with E-state index in [2.05, 4.69) is 22.1 Å². The number of benzene rings is 1. The number of hydrogen-bond donors (Lipinski definition) is 1. The van der Waals surface area contributed by atoms with E-state index in [0.29, 0.717) is 10.9 Å². The van der Waals surface area contributed by atoms with E-state index in [0.717, 1.165) is 68.9 Å². The van der Waals surface area contributed by atoms with E-state index in [1.54, 1.807) is 0 Å². The average molecular weight is 390 g/mol. The molecule has 1 aliphatic rings. The molecule has 3 rings (SSSR count). The smallest absolute Gasteiger partial charge is 0.226 e. The zero-order valence-corrected chi connectivity index (χ0v) is 16.9. The van der Waals surface area contributed by atoms with Crippen LogP contribution in [-0.4, -0.2) is 35.4 Å². The lowest BCUT2D eigenvalue weighted by Gasteiger charge is -2.30. The van der Waals surface area contributed by atoms with Gasteiger partial charge in [0.1, 0.15) is 5.76 Å². The number of oxazole rings is 1. The maximum Gasteiger partial charge on any atom is 0.226 e. The molecule has 0 atom stereocenters. The molecule has 0 radical (unpaired) electrons. The number of nitrogens with zero attached hydrogens (tertiary/aromatic N) is 2. The summed E-state index contributed by atoms with van der Waals surface area (Å²) in [4.78, 5) is 19.2. The Morgan fingerprint density at radius 1 is 1.37 bits per heavy atom. The number of piperidine rings is 1. The van der Waals surface area contributed by atoms with Gasteiger partial charge in [-0.15, -0.1) is 0 Å². The summed E-state index contributed by atoms with van der Waals surface area (Å²) in [7, 11) is 0. The molecule has 1 amide bonds. The number of unbranched alkanes of at least 4 members (excludes halogenated alkanes) is 1. The third-order valence-electron chi connectivity index (χ3n) is 5.13. The van der Waals surface area contributed by atoms with Crippen LogP contribution in [0.15, 0.2) is 28.7 Å². The van der Waals surface area contributed by atoms with Crippen molar-refractivity contribution in [3.63, 3.8) is 0 Å². The Morgan fingerprint density at radius 3 is 2.85 bits per heavy atom. The fourth-order valence-electron chi connectivity index (χ4n) is 3.42. The fraction of sp³-hybridized carbons (Fsp3) is 0.524. The van der Waals surface area contributed by atoms with E-state index in [1.165, 1.54) is 0 Å². The van der Waals surface area contributed by atoms with Crippen molar-refractivity contribution in [2.45, 2.75) is 46.1 Å². The molecule has 1 aromatic heterocycles. The lowest BCUT2D eigenvalue weighted by Crippen LogP contribution is -2.40. The SMILES string of the molecule is CCCCNC(=O)C1CCN(Cc2nc(-c3cccc(Cl)c3)oc2C)CC1. The number of carbonyl (C=O) groups excluding carboxylic acids is 1. The van der Waals surface area contributed by atoms with Gasteiger partial charge in [0.25, 0.3) is 0 Å². The fourth-order valence-corrected chi connectivity index (χ4v) is 3.61. The molecule has 1 aliphatic heterocycles. The van der Waals surface area contributed by atoms with Crippen LogP contribution in [0.3, 0.4) is 0 Å². The van der Waals surface area contributed by atoms with Crippen LogP contribution in [0.4, 0.5) is 0 Å². The molecule has 0 unspecified atom stereocenters. The van der Waals surface area contributed by atoms with E-state index < -0.39 is 0 Å². The highest BCUT2D eigenvalue weighted by Crippen LogP contribution is 2.26. The Labute approximate surface area is 166 Å². The Hall–Kier alpha value is -1.85. The Morgan fingerprint density at radius 2 is 2.15 bits per heavy atom. The van der Waals surface area contributed by atoms with Crippen LogP contribution in [0.5, 0.6) is 0 Å². The van der Waals surface area contributed by atoms with Crippen molar-refractivity contribution in [2.75, 3.05) is 19.6 Å². The second kappa shape index (κ2) is 9.38. The normalized spacial score (nSPS) is 15.8. The second-order valence-electron chi connectivity index (χ2n) is 7.23. The Bertz CT molecular complexity index is 767. The van der Waals surface area contributed by atoms with Crippen molar-refractivity contribution in [1.29, 1.82) is 0 Å². The van der Waals surface area contributed by atoms with Crippen LogP contribution in [0.25, 0.3) is 11.5 Å². The van der Waals surface area contributed by atoms with Gasteiger partial charge in [-0.05, 0) is 57.5 Å². The molecule has 146 valence electrons. The number of likely N-dealkylation sites (tertiary alicyclic amines) is 1. The topological polar surface area (TPSA) is 58.4 Å². The van der Waals surface area contributed by atoms with E-state index in [-0.39, 0.29) is 11.8 Å². The number of halogens is 1. The van der Waals surface area contributed by atoms with Gasteiger partial charge in [-0.3, -0.25) is 9.69 Å². The van der Waals surface area contributed by atoms with Gasteiger partial charge in [0.2, 0.25) is 11.8 Å². The molecule has 1 N–H and O–H groups in total. The molecular formula is C21H28ClN3O2. The number of rotatable bonds is 7. The van der Waals surface area contributed by atoms with E-state index in [1.807, 2.05) is 31.2 Å². The number of hydrogen-bond acceptors (Lipinski definition) is 4. The lowest BCUT2D eigenvalue weighted by molar-refractivity contribution is -0.126. The summed E-state index contributed by atoms with van der Waals surface area (Å²) in [6.07, 6.45) is 3.95. The van der Waals surface area contributed by atoms with Crippen molar-refractivity contribution < 1.29 is 9.21 Å². The van der Waals surface area contributed by atoms with Crippen LogP contribution in [0.2, 0.25) is 5.02 Å². The van der Waals surface area contributed by atoms with Crippen molar-refractivity contribution in [3.05, 3.63) is 40.7 Å². The highest BCUT2D eigenvalue weighted by molar-refractivity contribution is 6.30. The largest absolute Gasteiger partial charge is 0.441 e. The summed E-state index contributed by atoms with van der Waals surface area (Å²) >= 11 is 6.07. The number of aromatic nitrogens is 1. The van der Waals surface area contributed by atoms with E-state index in [9.17, 15) is 4.79 Å². The highest BCUT2D eigenvalue weighted by atomic mass is 35.5. The van der Waals surface area contributed by atoms with Gasteiger partial charge >= 0.3 is 0 Å². The van der Waals surface area contributed by atoms with Gasteiger partial charge in [0, 0.05) is 29.6 Å². The van der Waals surface area contributed by atoms with Crippen molar-refractivity contribution in [3.8, 4) is 11.5 Å². The first-order valence-electron chi connectivity index (χ1n) is 9.79. The minimum absolute atomic E-state index is 0.138. The Balaban J connectivity index is 1.54. The van der Waals surface area contributed by atoms with Gasteiger partial charge < -0.3 is 9.73 Å². The maximum absolute atomic E-state index is 12.2. The monoisotopic (exact) mass is 389 g/mol. The van der Waals surface area contributed by atoms with E-state index >= 15 is 0 Å². The molecule has 6 heteroatoms. The van der Waals surface area contributed by atoms with Crippen LogP contribution in [0.1, 0.15) is 44.1 Å². The van der Waals surface area contributed by atoms with E-state index in [4.69, 9.17) is 16.0 Å². The first-order valence-corrected chi connectivity index (χ1v) is 10.2. The van der Waals surface area contributed by atoms with Crippen LogP contribution in [0, 0.1) is 12.8 Å². The molecule has 1 saturated heterocycles. The maximum atomic E-state index is 12.2. The quantitative estimate of drug-likeness (QED) is 0.711. The number of amides is 1. The summed E-state index contributed by atoms with van der Waals surface area (Å²) in [6, 6.07) is 7.54. The van der Waals surface area contributed by atoms with Gasteiger partial charge in [-0.25, -0.2) is 4.98 Å². The predicted molar refractivity (Wildman–Crippen MR) is 108 cm³/mol. The molecule has 0 bridgehead atoms. The summed E-state index contributed by atoms with van der Waals surface area (Å²) < 4.78 is 5.85. The van der Waals surface area contributed by atoms with Gasteiger partial charge in [0.15, 0.2) is 0 Å². The van der Waals surface area contributed by atoms with Gasteiger partial charge in [0.05, 0.1) is 5.69 Å². The standard InChI is InChI=1S/C21H28ClN3O2/c1-3-4-10-23-20(26)16-8-11-25(12-9-16)14-19-15(2)27-21(24-19)17-6-5-7-18(22)13-17/h5-7,13,16H,3-4,8-12,14H2,1-2H3,(H,23,26). The Kier molecular flexibility index (Phi) is 6.91. The molecule has 0 spiro atoms. The molecular weight excluding hydrogens is 362 g/mol. The molecule has 5 nitrogen and oxygen atoms in total. The minimum atomic E-state index is 0.138. The van der Waals surface area contributed by atoms with Crippen LogP contribution >= 0.6 is 11.6 Å². The first-order chi connectivity index (χ1) is 13.1. The van der Waals surface area contributed by atoms with Gasteiger partial charge in [-0.2, -0.15) is 0 Å². The molecule has 2 heterocycles. The number of nitrogens with one attached hydrogen (secondary N) is 1. The highest BCUT2D eigenvalue weighted by Gasteiger charge is 2.25. The third-order valence-corrected chi connectivity index (χ3v) is 5.36. The first kappa shape index (κ1) is 19.9. The summed E-state index contributed by atoms with van der Waals surface area (Å²) in [5.41, 5.74) is 1.84. The zero-order chi connectivity index (χ0) is 19.2. The molecule has 27 heavy (non-hydrogen) atoms. The average Bonchev–Trinajstić information content (AvgIpc) is 3.03. The second-order valence-corrected chi connectivity index (χ2v) is 7.66. The minimum Gasteiger partial charge on any atom is -0.441 e. The van der Waals surface area contributed by atoms with Crippen molar-refractivity contribution in [2.24, 2.45) is 5.92 Å². The predicted octanol–water partition coefficient (Wildman–Crippen LogP) is 4.43. The number of carbonyl (C=O) groups is 1.